The van der Waals surface area contributed by atoms with E-state index in [0.717, 1.165) is 39.2 Å². The van der Waals surface area contributed by atoms with Gasteiger partial charge >= 0.3 is 0 Å². The quantitative estimate of drug-likeness (QED) is 0.163. The molecule has 1 aliphatic heterocycles. The number of benzene rings is 10. The van der Waals surface area contributed by atoms with Gasteiger partial charge in [-0.1, -0.05) is 237 Å². The highest BCUT2D eigenvalue weighted by molar-refractivity contribution is 6.13. The maximum absolute atomic E-state index is 5.37. The largest absolute Gasteiger partial charge is 0.344 e. The van der Waals surface area contributed by atoms with Gasteiger partial charge in [0, 0.05) is 11.1 Å². The van der Waals surface area contributed by atoms with Gasteiger partial charge in [0.1, 0.15) is 12.0 Å². The molecular formula is C62H43N3. The van der Waals surface area contributed by atoms with Crippen LogP contribution in [0, 0.1) is 0 Å². The van der Waals surface area contributed by atoms with E-state index in [2.05, 4.69) is 242 Å². The van der Waals surface area contributed by atoms with Crippen molar-refractivity contribution in [2.24, 2.45) is 9.98 Å². The molecular weight excluding hydrogens is 787 g/mol. The second-order valence-electron chi connectivity index (χ2n) is 16.9. The van der Waals surface area contributed by atoms with E-state index in [9.17, 15) is 0 Å². The van der Waals surface area contributed by atoms with Gasteiger partial charge in [0.25, 0.3) is 0 Å². The summed E-state index contributed by atoms with van der Waals surface area (Å²) in [6, 6.07) is 89.8. The summed E-state index contributed by atoms with van der Waals surface area (Å²) in [4.78, 5) is 10.5. The number of aliphatic imine (C=N–C) groups is 2. The number of nitrogens with zero attached hydrogens (tertiary/aromatic N) is 2. The molecule has 65 heavy (non-hydrogen) atoms. The van der Waals surface area contributed by atoms with Crippen molar-refractivity contribution in [1.29, 1.82) is 0 Å². The van der Waals surface area contributed by atoms with Crippen LogP contribution in [0.1, 0.15) is 45.1 Å². The first-order valence-electron chi connectivity index (χ1n) is 22.4. The predicted molar refractivity (Wildman–Crippen MR) is 269 cm³/mol. The summed E-state index contributed by atoms with van der Waals surface area (Å²) in [5, 5.41) is 6.14. The Hall–Kier alpha value is -8.40. The molecule has 0 saturated heterocycles. The topological polar surface area (TPSA) is 36.8 Å². The standard InChI is InChI=1S/C62H43N3/c1-5-20-42(21-6-1)45-25-17-27-47(40-45)60-63-59(44-23-7-2-8-24-44)64-61(65-60)48-28-18-26-46(41-48)57-51-33-14-13-22-43(51)38-39-53(57)52-35-19-37-56-58(52)54-34-15-16-36-55(54)62(56,49-29-9-3-10-30-49)50-31-11-4-12-32-50/h1-41,61H,(H,63,64,65). The Bertz CT molecular complexity index is 3410. The van der Waals surface area contributed by atoms with Crippen LogP contribution in [0.3, 0.4) is 0 Å². The van der Waals surface area contributed by atoms with Crippen LogP contribution < -0.4 is 5.32 Å². The minimum atomic E-state index is -0.498. The lowest BCUT2D eigenvalue weighted by Gasteiger charge is -2.34. The van der Waals surface area contributed by atoms with Crippen LogP contribution in [-0.4, -0.2) is 11.7 Å². The Morgan fingerprint density at radius 3 is 1.69 bits per heavy atom. The smallest absolute Gasteiger partial charge is 0.159 e. The molecule has 0 aromatic heterocycles. The highest BCUT2D eigenvalue weighted by Gasteiger charge is 2.46. The van der Waals surface area contributed by atoms with Crippen molar-refractivity contribution in [3.63, 3.8) is 0 Å². The molecule has 0 fully saturated rings. The van der Waals surface area contributed by atoms with Gasteiger partial charge in [-0.3, -0.25) is 0 Å². The fourth-order valence-electron chi connectivity index (χ4n) is 10.3. The normalized spacial score (nSPS) is 14.7. The van der Waals surface area contributed by atoms with Crippen LogP contribution >= 0.6 is 0 Å². The van der Waals surface area contributed by atoms with Crippen molar-refractivity contribution >= 4 is 22.4 Å². The predicted octanol–water partition coefficient (Wildman–Crippen LogP) is 14.7. The Labute approximate surface area is 379 Å². The van der Waals surface area contributed by atoms with Gasteiger partial charge in [-0.25, -0.2) is 9.98 Å². The SMILES string of the molecule is c1ccc(C2=NC(c3cccc(-c4ccccc4)c3)=NC(c3cccc(-c4c(-c5cccc6c5-c5ccccc5C6(c5ccccc5)c5ccccc5)ccc5ccccc45)c3)N2)cc1. The second kappa shape index (κ2) is 16.1. The third kappa shape index (κ3) is 6.51. The third-order valence-corrected chi connectivity index (χ3v) is 13.2. The Balaban J connectivity index is 1.04. The summed E-state index contributed by atoms with van der Waals surface area (Å²) in [6.45, 7) is 0. The molecule has 1 atom stereocenters. The molecule has 0 bridgehead atoms. The van der Waals surface area contributed by atoms with E-state index in [-0.39, 0.29) is 6.17 Å². The molecule has 3 heteroatoms. The molecule has 1 unspecified atom stereocenters. The second-order valence-corrected chi connectivity index (χ2v) is 16.9. The van der Waals surface area contributed by atoms with Gasteiger partial charge in [-0.15, -0.1) is 0 Å². The Morgan fingerprint density at radius 2 is 0.923 bits per heavy atom. The molecule has 12 rings (SSSR count). The van der Waals surface area contributed by atoms with Gasteiger partial charge in [0.2, 0.25) is 0 Å². The first-order valence-corrected chi connectivity index (χ1v) is 22.4. The monoisotopic (exact) mass is 829 g/mol. The maximum Gasteiger partial charge on any atom is 0.159 e. The van der Waals surface area contributed by atoms with E-state index < -0.39 is 5.41 Å². The summed E-state index contributed by atoms with van der Waals surface area (Å²) in [7, 11) is 0. The van der Waals surface area contributed by atoms with E-state index in [1.54, 1.807) is 0 Å². The summed E-state index contributed by atoms with van der Waals surface area (Å²) in [5.74, 6) is 1.49. The minimum Gasteiger partial charge on any atom is -0.344 e. The fourth-order valence-corrected chi connectivity index (χ4v) is 10.3. The number of hydrogen-bond acceptors (Lipinski definition) is 3. The summed E-state index contributed by atoms with van der Waals surface area (Å²) in [5.41, 5.74) is 17.2. The van der Waals surface area contributed by atoms with E-state index in [4.69, 9.17) is 9.98 Å². The van der Waals surface area contributed by atoms with Crippen molar-refractivity contribution in [1.82, 2.24) is 5.32 Å². The molecule has 306 valence electrons. The lowest BCUT2D eigenvalue weighted by molar-refractivity contribution is 0.674. The Kier molecular flexibility index (Phi) is 9.46. The average molecular weight is 830 g/mol. The van der Waals surface area contributed by atoms with Crippen LogP contribution in [0.4, 0.5) is 0 Å². The first kappa shape index (κ1) is 38.3. The zero-order valence-electron chi connectivity index (χ0n) is 35.6. The maximum atomic E-state index is 5.37. The summed E-state index contributed by atoms with van der Waals surface area (Å²) < 4.78 is 0. The van der Waals surface area contributed by atoms with Crippen LogP contribution in [0.2, 0.25) is 0 Å². The Morgan fingerprint density at radius 1 is 0.369 bits per heavy atom. The average Bonchev–Trinajstić information content (AvgIpc) is 3.70. The lowest BCUT2D eigenvalue weighted by Crippen LogP contribution is -2.33. The van der Waals surface area contributed by atoms with Gasteiger partial charge in [0.05, 0.1) is 5.41 Å². The van der Waals surface area contributed by atoms with E-state index in [1.165, 1.54) is 60.8 Å². The fraction of sp³-hybridized carbons (Fsp3) is 0.0323. The number of fused-ring (bicyclic) bond motifs is 4. The van der Waals surface area contributed by atoms with Crippen LogP contribution in [0.25, 0.3) is 55.3 Å². The number of rotatable bonds is 8. The zero-order chi connectivity index (χ0) is 43.2. The highest BCUT2D eigenvalue weighted by atomic mass is 15.2. The van der Waals surface area contributed by atoms with Crippen molar-refractivity contribution in [3.8, 4) is 44.5 Å². The molecule has 1 N–H and O–H groups in total. The molecule has 0 spiro atoms. The number of amidine groups is 2. The van der Waals surface area contributed by atoms with Gasteiger partial charge in [0.15, 0.2) is 5.84 Å². The molecule has 0 saturated carbocycles. The molecule has 2 aliphatic rings. The van der Waals surface area contributed by atoms with Crippen LogP contribution in [0.15, 0.2) is 259 Å². The van der Waals surface area contributed by atoms with Crippen molar-refractivity contribution in [3.05, 3.63) is 288 Å². The molecule has 10 aromatic rings. The molecule has 1 heterocycles. The first-order chi connectivity index (χ1) is 32.2. The van der Waals surface area contributed by atoms with Crippen molar-refractivity contribution < 1.29 is 0 Å². The lowest BCUT2D eigenvalue weighted by atomic mass is 9.67. The van der Waals surface area contributed by atoms with Crippen LogP contribution in [-0.2, 0) is 5.41 Å². The molecule has 0 radical (unpaired) electrons. The highest BCUT2D eigenvalue weighted by Crippen LogP contribution is 2.59. The summed E-state index contributed by atoms with van der Waals surface area (Å²) in [6.07, 6.45) is -0.387. The van der Waals surface area contributed by atoms with E-state index >= 15 is 0 Å². The van der Waals surface area contributed by atoms with Gasteiger partial charge in [-0.05, 0) is 95.2 Å². The summed E-state index contributed by atoms with van der Waals surface area (Å²) >= 11 is 0. The van der Waals surface area contributed by atoms with E-state index in [1.807, 2.05) is 12.1 Å². The zero-order valence-corrected chi connectivity index (χ0v) is 35.6. The molecule has 1 aliphatic carbocycles. The number of nitrogens with one attached hydrogen (secondary N) is 1. The third-order valence-electron chi connectivity index (χ3n) is 13.2. The van der Waals surface area contributed by atoms with Gasteiger partial charge in [-0.2, -0.15) is 0 Å². The van der Waals surface area contributed by atoms with E-state index in [0.29, 0.717) is 5.84 Å². The van der Waals surface area contributed by atoms with Crippen molar-refractivity contribution in [2.75, 3.05) is 0 Å². The minimum absolute atomic E-state index is 0.387. The number of hydrogen-bond donors (Lipinski definition) is 1. The molecule has 10 aromatic carbocycles. The molecule has 3 nitrogen and oxygen atoms in total. The van der Waals surface area contributed by atoms with Crippen molar-refractivity contribution in [2.45, 2.75) is 11.6 Å². The van der Waals surface area contributed by atoms with Crippen LogP contribution in [0.5, 0.6) is 0 Å². The van der Waals surface area contributed by atoms with Gasteiger partial charge < -0.3 is 5.32 Å². The molecule has 0 amide bonds.